The third-order valence-corrected chi connectivity index (χ3v) is 5.72. The SMILES string of the molecule is C.CC(=O)C(F)(F)F.CCO.CN/N=C1\CCCC1C#N.CNN.Cn1nc2c(c1N)CCC2.N#CC1CCCC1=O. The molecule has 0 bridgehead atoms. The van der Waals surface area contributed by atoms with Gasteiger partial charge < -0.3 is 16.3 Å². The van der Waals surface area contributed by atoms with Crippen LogP contribution in [0.1, 0.15) is 77.5 Å². The summed E-state index contributed by atoms with van der Waals surface area (Å²) in [4.78, 5) is 19.9. The number of anilines is 1. The standard InChI is InChI=1S/2C7H11N3.C6H7NO.C3H3F3O.C2H6O.CH6N2.CH4/c1-10-7(8)5-3-2-4-6(5)9-10;1-9-10-7-4-2-3-6(7)5-8;7-4-5-2-1-3-6(5)8;1-2(7)3(4,5)6;1-2-3;1-3-2;/h2-4,8H2,1H3;6,9H,2-4H2,1H3;5H,1-3H2;1H3;2*3H,2H2,1H3;1H4/b;10-7+;;;;;. The number of nitrogen functional groups attached to an aromatic ring is 1. The van der Waals surface area contributed by atoms with Gasteiger partial charge in [0, 0.05) is 39.6 Å². The number of aliphatic hydroxyl groups excluding tert-OH is 1. The van der Waals surface area contributed by atoms with Crippen LogP contribution in [0.3, 0.4) is 0 Å². The van der Waals surface area contributed by atoms with Gasteiger partial charge in [-0.25, -0.2) is 0 Å². The largest absolute Gasteiger partial charge is 0.449 e. The quantitative estimate of drug-likeness (QED) is 0.234. The van der Waals surface area contributed by atoms with E-state index in [0.29, 0.717) is 13.3 Å². The van der Waals surface area contributed by atoms with E-state index in [1.165, 1.54) is 17.7 Å². The Hall–Kier alpha value is -3.53. The van der Waals surface area contributed by atoms with Crippen molar-refractivity contribution >= 4 is 23.1 Å². The van der Waals surface area contributed by atoms with Crippen LogP contribution >= 0.6 is 0 Å². The average molecular weight is 604 g/mol. The van der Waals surface area contributed by atoms with E-state index in [1.807, 2.05) is 13.1 Å². The normalized spacial score (nSPS) is 18.6. The number of carbonyl (C=O) groups is 2. The molecule has 2 unspecified atom stereocenters. The summed E-state index contributed by atoms with van der Waals surface area (Å²) < 4.78 is 34.3. The van der Waals surface area contributed by atoms with Crippen LogP contribution in [0.2, 0.25) is 0 Å². The first-order valence-corrected chi connectivity index (χ1v) is 13.2. The molecule has 0 spiro atoms. The number of ketones is 2. The smallest absolute Gasteiger partial charge is 0.397 e. The maximum Gasteiger partial charge on any atom is 0.449 e. The van der Waals surface area contributed by atoms with E-state index < -0.39 is 12.0 Å². The minimum absolute atomic E-state index is 0. The Labute approximate surface area is 247 Å². The number of hydrogen-bond acceptors (Lipinski definition) is 11. The van der Waals surface area contributed by atoms with Crippen LogP contribution in [0.15, 0.2) is 5.10 Å². The van der Waals surface area contributed by atoms with Gasteiger partial charge in [0.2, 0.25) is 5.78 Å². The molecule has 2 fully saturated rings. The molecule has 1 heterocycles. The predicted molar refractivity (Wildman–Crippen MR) is 157 cm³/mol. The molecule has 3 aliphatic rings. The highest BCUT2D eigenvalue weighted by Crippen LogP contribution is 2.25. The molecule has 0 saturated heterocycles. The van der Waals surface area contributed by atoms with Crippen LogP contribution in [0.25, 0.3) is 0 Å². The zero-order chi connectivity index (χ0) is 32.0. The fourth-order valence-electron chi connectivity index (χ4n) is 3.74. The minimum Gasteiger partial charge on any atom is -0.397 e. The number of aliphatic hydroxyl groups is 1. The fourth-order valence-corrected chi connectivity index (χ4v) is 3.74. The average Bonchev–Trinajstić information content (AvgIpc) is 3.69. The lowest BCUT2D eigenvalue weighted by molar-refractivity contribution is -0.168. The first kappa shape index (κ1) is 42.9. The number of alkyl halides is 3. The van der Waals surface area contributed by atoms with Gasteiger partial charge in [-0.3, -0.25) is 25.5 Å². The number of fused-ring (bicyclic) bond motifs is 1. The summed E-state index contributed by atoms with van der Waals surface area (Å²) in [7, 11) is 5.31. The Morgan fingerprint density at radius 1 is 1.12 bits per heavy atom. The molecule has 7 N–H and O–H groups in total. The summed E-state index contributed by atoms with van der Waals surface area (Å²) in [6.07, 6.45) is 4.22. The van der Waals surface area contributed by atoms with Crippen LogP contribution in [-0.2, 0) is 29.5 Å². The molecule has 2 saturated carbocycles. The molecule has 1 aromatic rings. The van der Waals surface area contributed by atoms with Crippen molar-refractivity contribution in [1.82, 2.24) is 20.6 Å². The van der Waals surface area contributed by atoms with Gasteiger partial charge in [0.25, 0.3) is 0 Å². The number of aryl methyl sites for hydroxylation is 2. The molecule has 42 heavy (non-hydrogen) atoms. The van der Waals surface area contributed by atoms with Gasteiger partial charge in [-0.05, 0) is 65.3 Å². The number of hydrazone groups is 1. The van der Waals surface area contributed by atoms with Crippen molar-refractivity contribution in [2.75, 3.05) is 26.4 Å². The van der Waals surface area contributed by atoms with Crippen molar-refractivity contribution in [2.45, 2.75) is 85.2 Å². The Morgan fingerprint density at radius 3 is 1.95 bits per heavy atom. The van der Waals surface area contributed by atoms with Crippen molar-refractivity contribution in [3.8, 4) is 12.1 Å². The van der Waals surface area contributed by atoms with E-state index >= 15 is 0 Å². The molecule has 12 nitrogen and oxygen atoms in total. The van der Waals surface area contributed by atoms with Gasteiger partial charge in [0.05, 0.1) is 29.5 Å². The third-order valence-electron chi connectivity index (χ3n) is 5.72. The van der Waals surface area contributed by atoms with Gasteiger partial charge in [-0.2, -0.15) is 33.9 Å². The Morgan fingerprint density at radius 2 is 1.60 bits per heavy atom. The van der Waals surface area contributed by atoms with Crippen LogP contribution in [-0.4, -0.2) is 59.0 Å². The monoisotopic (exact) mass is 603 g/mol. The van der Waals surface area contributed by atoms with Gasteiger partial charge in [0.1, 0.15) is 17.5 Å². The molecule has 2 atom stereocenters. The first-order valence-electron chi connectivity index (χ1n) is 13.2. The first-order chi connectivity index (χ1) is 19.3. The van der Waals surface area contributed by atoms with Crippen molar-refractivity contribution in [2.24, 2.45) is 29.8 Å². The number of hydrogen-bond donors (Lipinski definition) is 5. The van der Waals surface area contributed by atoms with E-state index in [-0.39, 0.29) is 31.7 Å². The minimum atomic E-state index is -4.64. The number of hydrazine groups is 1. The topological polar surface area (TPSA) is 208 Å². The maximum atomic E-state index is 10.8. The Balaban J connectivity index is -0.000000455. The summed E-state index contributed by atoms with van der Waals surface area (Å²) in [6.45, 7) is 2.42. The Kier molecular flexibility index (Phi) is 24.6. The molecule has 0 aliphatic heterocycles. The van der Waals surface area contributed by atoms with E-state index in [2.05, 4.69) is 33.0 Å². The van der Waals surface area contributed by atoms with Crippen molar-refractivity contribution in [3.63, 3.8) is 0 Å². The molecule has 0 aromatic carbocycles. The lowest BCUT2D eigenvalue weighted by Crippen LogP contribution is -2.18. The van der Waals surface area contributed by atoms with E-state index in [0.717, 1.165) is 56.5 Å². The lowest BCUT2D eigenvalue weighted by Gasteiger charge is -1.98. The van der Waals surface area contributed by atoms with Gasteiger partial charge in [-0.1, -0.05) is 7.43 Å². The molecular formula is C27H48F3N9O3. The molecule has 0 amide bonds. The maximum absolute atomic E-state index is 10.8. The molecule has 4 rings (SSSR count). The highest BCUT2D eigenvalue weighted by Gasteiger charge is 2.33. The number of carbonyl (C=O) groups excluding carboxylic acids is 2. The predicted octanol–water partition coefficient (Wildman–Crippen LogP) is 3.11. The molecule has 3 aliphatic carbocycles. The summed E-state index contributed by atoms with van der Waals surface area (Å²) in [6, 6.07) is 4.19. The van der Waals surface area contributed by atoms with Crippen LogP contribution < -0.4 is 22.4 Å². The van der Waals surface area contributed by atoms with Crippen molar-refractivity contribution < 1.29 is 27.9 Å². The Bertz CT molecular complexity index is 1030. The van der Waals surface area contributed by atoms with Crippen molar-refractivity contribution in [3.05, 3.63) is 11.3 Å². The van der Waals surface area contributed by atoms with Gasteiger partial charge in [0.15, 0.2) is 0 Å². The second-order valence-corrected chi connectivity index (χ2v) is 8.89. The zero-order valence-electron chi connectivity index (χ0n) is 24.5. The number of nitrogens with zero attached hydrogens (tertiary/aromatic N) is 5. The number of aromatic nitrogens is 2. The zero-order valence-corrected chi connectivity index (χ0v) is 24.5. The molecule has 0 radical (unpaired) electrons. The van der Waals surface area contributed by atoms with E-state index in [4.69, 9.17) is 21.4 Å². The molecule has 1 aromatic heterocycles. The molecule has 15 heteroatoms. The van der Waals surface area contributed by atoms with E-state index in [9.17, 15) is 22.8 Å². The second kappa shape index (κ2) is 24.1. The summed E-state index contributed by atoms with van der Waals surface area (Å²) in [5.41, 5.74) is 14.2. The summed E-state index contributed by atoms with van der Waals surface area (Å²) >= 11 is 0. The van der Waals surface area contributed by atoms with Gasteiger partial charge >= 0.3 is 6.18 Å². The molecule has 240 valence electrons. The third kappa shape index (κ3) is 17.3. The van der Waals surface area contributed by atoms with E-state index in [1.54, 1.807) is 25.7 Å². The van der Waals surface area contributed by atoms with Crippen LogP contribution in [0.4, 0.5) is 19.0 Å². The summed E-state index contributed by atoms with van der Waals surface area (Å²) in [5, 5.41) is 32.7. The van der Waals surface area contributed by atoms with Crippen molar-refractivity contribution in [1.29, 1.82) is 10.5 Å². The van der Waals surface area contributed by atoms with Crippen LogP contribution in [0, 0.1) is 34.5 Å². The lowest BCUT2D eigenvalue weighted by atomic mass is 10.1. The van der Waals surface area contributed by atoms with Crippen LogP contribution in [0.5, 0.6) is 0 Å². The molecular weight excluding hydrogens is 555 g/mol. The number of nitriles is 2. The van der Waals surface area contributed by atoms with Gasteiger partial charge in [-0.15, -0.1) is 0 Å². The fraction of sp³-hybridized carbons (Fsp3) is 0.704. The second-order valence-electron chi connectivity index (χ2n) is 8.89. The highest BCUT2D eigenvalue weighted by atomic mass is 19.4. The summed E-state index contributed by atoms with van der Waals surface area (Å²) in [5.74, 6) is 3.63. The number of rotatable bonds is 1. The number of halogens is 3. The number of Topliss-reactive ketones (excluding diaryl/α,β-unsaturated/α-hetero) is 2. The highest BCUT2D eigenvalue weighted by molar-refractivity contribution is 5.90. The number of nitrogens with one attached hydrogen (secondary N) is 2. The number of nitrogens with two attached hydrogens (primary N) is 2.